The first-order valence-electron chi connectivity index (χ1n) is 10.2. The minimum absolute atomic E-state index is 0.0476. The van der Waals surface area contributed by atoms with Crippen LogP contribution in [0.1, 0.15) is 15.9 Å². The van der Waals surface area contributed by atoms with E-state index in [1.54, 1.807) is 36.4 Å². The second-order valence-corrected chi connectivity index (χ2v) is 7.98. The molecule has 0 fully saturated rings. The summed E-state index contributed by atoms with van der Waals surface area (Å²) >= 11 is 3.32. The van der Waals surface area contributed by atoms with Crippen molar-refractivity contribution >= 4 is 45.3 Å². The topological polar surface area (TPSA) is 141 Å². The molecule has 182 valence electrons. The summed E-state index contributed by atoms with van der Waals surface area (Å²) in [6.45, 7) is 0. The lowest BCUT2D eigenvalue weighted by molar-refractivity contribution is -0.384. The van der Waals surface area contributed by atoms with Gasteiger partial charge in [0.2, 0.25) is 0 Å². The van der Waals surface area contributed by atoms with Crippen LogP contribution in [0.4, 0.5) is 11.4 Å². The molecule has 3 aromatic carbocycles. The number of nitro groups is 1. The zero-order valence-electron chi connectivity index (χ0n) is 19.0. The van der Waals surface area contributed by atoms with Crippen molar-refractivity contribution in [3.8, 4) is 23.3 Å². The highest BCUT2D eigenvalue weighted by Gasteiger charge is 2.18. The minimum atomic E-state index is -0.794. The summed E-state index contributed by atoms with van der Waals surface area (Å²) in [6, 6.07) is 16.5. The lowest BCUT2D eigenvalue weighted by Crippen LogP contribution is -2.14. The number of nitro benzene ring substituents is 1. The predicted molar refractivity (Wildman–Crippen MR) is 134 cm³/mol. The number of amides is 1. The maximum atomic E-state index is 12.8. The van der Waals surface area contributed by atoms with E-state index >= 15 is 0 Å². The van der Waals surface area contributed by atoms with E-state index in [9.17, 15) is 25.0 Å². The third kappa shape index (κ3) is 6.25. The molecule has 0 heterocycles. The number of nitriles is 1. The van der Waals surface area contributed by atoms with E-state index in [1.165, 1.54) is 38.5 Å². The first-order valence-corrected chi connectivity index (χ1v) is 11.0. The molecule has 0 aliphatic carbocycles. The molecule has 0 aromatic heterocycles. The molecule has 3 rings (SSSR count). The van der Waals surface area contributed by atoms with E-state index in [0.717, 1.165) is 6.07 Å². The van der Waals surface area contributed by atoms with Gasteiger partial charge in [0.15, 0.2) is 0 Å². The Hall–Kier alpha value is -4.69. The smallest absolute Gasteiger partial charge is 0.343 e. The summed E-state index contributed by atoms with van der Waals surface area (Å²) in [4.78, 5) is 35.8. The summed E-state index contributed by atoms with van der Waals surface area (Å²) in [7, 11) is 2.80. The zero-order valence-corrected chi connectivity index (χ0v) is 20.6. The SMILES string of the molecule is COc1ccc(C(=O)Oc2ccc(Br)cc2C=C(C#N)C(=O)Nc2ccc([N+](=O)[O-])cc2OC)cc1. The van der Waals surface area contributed by atoms with Crippen molar-refractivity contribution in [3.05, 3.63) is 92.0 Å². The van der Waals surface area contributed by atoms with Crippen LogP contribution in [0.5, 0.6) is 17.2 Å². The van der Waals surface area contributed by atoms with Crippen LogP contribution < -0.4 is 19.5 Å². The van der Waals surface area contributed by atoms with Gasteiger partial charge in [-0.1, -0.05) is 15.9 Å². The van der Waals surface area contributed by atoms with Gasteiger partial charge in [-0.15, -0.1) is 0 Å². The molecule has 10 nitrogen and oxygen atoms in total. The van der Waals surface area contributed by atoms with Crippen LogP contribution >= 0.6 is 15.9 Å². The predicted octanol–water partition coefficient (Wildman–Crippen LogP) is 5.14. The summed E-state index contributed by atoms with van der Waals surface area (Å²) in [5.74, 6) is -0.697. The highest BCUT2D eigenvalue weighted by molar-refractivity contribution is 9.10. The molecule has 0 unspecified atom stereocenters. The monoisotopic (exact) mass is 551 g/mol. The third-order valence-corrected chi connectivity index (χ3v) is 5.30. The van der Waals surface area contributed by atoms with Crippen molar-refractivity contribution in [2.75, 3.05) is 19.5 Å². The van der Waals surface area contributed by atoms with E-state index in [-0.39, 0.29) is 39.6 Å². The lowest BCUT2D eigenvalue weighted by atomic mass is 10.1. The number of esters is 1. The fourth-order valence-electron chi connectivity index (χ4n) is 3.00. The quantitative estimate of drug-likeness (QED) is 0.101. The Morgan fingerprint density at radius 1 is 1.03 bits per heavy atom. The fourth-order valence-corrected chi connectivity index (χ4v) is 3.38. The molecule has 0 spiro atoms. The summed E-state index contributed by atoms with van der Waals surface area (Å²) < 4.78 is 16.3. The molecule has 0 aliphatic rings. The number of hydrogen-bond acceptors (Lipinski definition) is 8. The first-order chi connectivity index (χ1) is 17.2. The Morgan fingerprint density at radius 2 is 1.75 bits per heavy atom. The Morgan fingerprint density at radius 3 is 2.36 bits per heavy atom. The number of non-ortho nitro benzene ring substituents is 1. The van der Waals surface area contributed by atoms with Crippen molar-refractivity contribution in [3.63, 3.8) is 0 Å². The van der Waals surface area contributed by atoms with Crippen LogP contribution in [0.2, 0.25) is 0 Å². The molecule has 0 saturated heterocycles. The molecular weight excluding hydrogens is 534 g/mol. The molecule has 0 radical (unpaired) electrons. The van der Waals surface area contributed by atoms with Crippen LogP contribution in [0.25, 0.3) is 6.08 Å². The molecule has 3 aromatic rings. The molecule has 0 atom stereocenters. The van der Waals surface area contributed by atoms with Crippen molar-refractivity contribution in [2.24, 2.45) is 0 Å². The first kappa shape index (κ1) is 25.9. The molecule has 11 heteroatoms. The minimum Gasteiger partial charge on any atom is -0.497 e. The van der Waals surface area contributed by atoms with Gasteiger partial charge in [0, 0.05) is 16.1 Å². The third-order valence-electron chi connectivity index (χ3n) is 4.81. The molecule has 36 heavy (non-hydrogen) atoms. The van der Waals surface area contributed by atoms with Gasteiger partial charge in [-0.3, -0.25) is 14.9 Å². The van der Waals surface area contributed by atoms with E-state index in [2.05, 4.69) is 21.2 Å². The number of rotatable bonds is 8. The highest BCUT2D eigenvalue weighted by Crippen LogP contribution is 2.30. The maximum absolute atomic E-state index is 12.8. The average molecular weight is 552 g/mol. The molecule has 0 bridgehead atoms. The molecular formula is C25H18BrN3O7. The molecule has 0 saturated carbocycles. The fraction of sp³-hybridized carbons (Fsp3) is 0.0800. The van der Waals surface area contributed by atoms with Crippen molar-refractivity contribution in [1.29, 1.82) is 5.26 Å². The summed E-state index contributed by atoms with van der Waals surface area (Å²) in [5, 5.41) is 23.1. The van der Waals surface area contributed by atoms with Gasteiger partial charge >= 0.3 is 5.97 Å². The Kier molecular flexibility index (Phi) is 8.38. The normalized spacial score (nSPS) is 10.7. The summed E-state index contributed by atoms with van der Waals surface area (Å²) in [5.41, 5.74) is 0.161. The standard InChI is InChI=1S/C25H18BrN3O7/c1-34-20-7-3-15(4-8-20)25(31)36-22-10-5-18(26)12-16(22)11-17(14-27)24(30)28-21-9-6-19(29(32)33)13-23(21)35-2/h3-13H,1-2H3,(H,28,30). The van der Waals surface area contributed by atoms with E-state index < -0.39 is 16.8 Å². The van der Waals surface area contributed by atoms with Crippen LogP contribution in [-0.2, 0) is 4.79 Å². The van der Waals surface area contributed by atoms with Crippen LogP contribution in [0.15, 0.2) is 70.7 Å². The number of nitrogens with zero attached hydrogens (tertiary/aromatic N) is 2. The van der Waals surface area contributed by atoms with Gasteiger partial charge in [-0.2, -0.15) is 5.26 Å². The van der Waals surface area contributed by atoms with Crippen LogP contribution in [0.3, 0.4) is 0 Å². The number of carbonyl (C=O) groups excluding carboxylic acids is 2. The van der Waals surface area contributed by atoms with Gasteiger partial charge in [0.25, 0.3) is 11.6 Å². The van der Waals surface area contributed by atoms with Gasteiger partial charge in [-0.05, 0) is 54.6 Å². The molecule has 1 amide bonds. The number of nitrogens with one attached hydrogen (secondary N) is 1. The number of anilines is 1. The number of ether oxygens (including phenoxy) is 3. The number of methoxy groups -OCH3 is 2. The maximum Gasteiger partial charge on any atom is 0.343 e. The van der Waals surface area contributed by atoms with Gasteiger partial charge < -0.3 is 19.5 Å². The van der Waals surface area contributed by atoms with Crippen molar-refractivity contribution in [2.45, 2.75) is 0 Å². The Labute approximate surface area is 214 Å². The summed E-state index contributed by atoms with van der Waals surface area (Å²) in [6.07, 6.45) is 1.26. The number of halogens is 1. The average Bonchev–Trinajstić information content (AvgIpc) is 2.88. The van der Waals surface area contributed by atoms with Gasteiger partial charge in [-0.25, -0.2) is 4.79 Å². The van der Waals surface area contributed by atoms with Gasteiger partial charge in [0.1, 0.15) is 28.9 Å². The van der Waals surface area contributed by atoms with Crippen LogP contribution in [0, 0.1) is 21.4 Å². The number of hydrogen-bond donors (Lipinski definition) is 1. The highest BCUT2D eigenvalue weighted by atomic mass is 79.9. The zero-order chi connectivity index (χ0) is 26.2. The second kappa shape index (κ2) is 11.6. The van der Waals surface area contributed by atoms with Gasteiger partial charge in [0.05, 0.1) is 36.5 Å². The van der Waals surface area contributed by atoms with E-state index in [4.69, 9.17) is 14.2 Å². The van der Waals surface area contributed by atoms with E-state index in [0.29, 0.717) is 10.2 Å². The van der Waals surface area contributed by atoms with Crippen molar-refractivity contribution < 1.29 is 28.7 Å². The Balaban J connectivity index is 1.88. The van der Waals surface area contributed by atoms with Crippen LogP contribution in [-0.4, -0.2) is 31.0 Å². The van der Waals surface area contributed by atoms with E-state index in [1.807, 2.05) is 6.07 Å². The lowest BCUT2D eigenvalue weighted by Gasteiger charge is -2.11. The largest absolute Gasteiger partial charge is 0.497 e. The van der Waals surface area contributed by atoms with Crippen molar-refractivity contribution in [1.82, 2.24) is 0 Å². The number of benzene rings is 3. The molecule has 0 aliphatic heterocycles. The molecule has 1 N–H and O–H groups in total. The Bertz CT molecular complexity index is 1400. The second-order valence-electron chi connectivity index (χ2n) is 7.07. The number of carbonyl (C=O) groups is 2.